The lowest BCUT2D eigenvalue weighted by molar-refractivity contribution is -0.387. The summed E-state index contributed by atoms with van der Waals surface area (Å²) in [6.07, 6.45) is 0. The highest BCUT2D eigenvalue weighted by Crippen LogP contribution is 2.24. The topological polar surface area (TPSA) is 55.2 Å². The minimum Gasteiger partial charge on any atom is -0.380 e. The van der Waals surface area contributed by atoms with Crippen molar-refractivity contribution < 1.29 is 13.7 Å². The molecule has 2 aromatic rings. The van der Waals surface area contributed by atoms with Crippen molar-refractivity contribution in [1.29, 1.82) is 0 Å². The van der Waals surface area contributed by atoms with Gasteiger partial charge in [-0.2, -0.15) is 4.39 Å². The molecule has 2 rings (SSSR count). The van der Waals surface area contributed by atoms with E-state index in [2.05, 4.69) is 21.2 Å². The summed E-state index contributed by atoms with van der Waals surface area (Å²) in [5.74, 6) is -1.25. The van der Waals surface area contributed by atoms with Gasteiger partial charge >= 0.3 is 5.69 Å². The fraction of sp³-hybridized carbons (Fsp3) is 0.0769. The van der Waals surface area contributed by atoms with Gasteiger partial charge in [0.1, 0.15) is 5.82 Å². The van der Waals surface area contributed by atoms with Crippen LogP contribution in [0.1, 0.15) is 5.56 Å². The van der Waals surface area contributed by atoms with E-state index in [0.29, 0.717) is 15.7 Å². The van der Waals surface area contributed by atoms with Gasteiger partial charge in [0, 0.05) is 22.8 Å². The number of anilines is 1. The van der Waals surface area contributed by atoms with Crippen molar-refractivity contribution in [2.45, 2.75) is 6.54 Å². The Balaban J connectivity index is 2.11. The van der Waals surface area contributed by atoms with E-state index in [1.165, 1.54) is 18.2 Å². The van der Waals surface area contributed by atoms with Crippen molar-refractivity contribution in [3.63, 3.8) is 0 Å². The number of hydrogen-bond donors (Lipinski definition) is 1. The molecule has 1 N–H and O–H groups in total. The maximum Gasteiger partial charge on any atom is 0.304 e. The van der Waals surface area contributed by atoms with Gasteiger partial charge in [-0.05, 0) is 45.8 Å². The highest BCUT2D eigenvalue weighted by Gasteiger charge is 2.13. The molecule has 0 spiro atoms. The Hall–Kier alpha value is -2.02. The molecule has 0 aromatic heterocycles. The van der Waals surface area contributed by atoms with Crippen molar-refractivity contribution in [1.82, 2.24) is 0 Å². The normalized spacial score (nSPS) is 10.3. The van der Waals surface area contributed by atoms with Crippen LogP contribution in [0, 0.1) is 21.7 Å². The van der Waals surface area contributed by atoms with Gasteiger partial charge in [0.15, 0.2) is 0 Å². The van der Waals surface area contributed by atoms with Crippen LogP contribution >= 0.6 is 15.9 Å². The van der Waals surface area contributed by atoms with Crippen molar-refractivity contribution >= 4 is 27.3 Å². The molecule has 104 valence electrons. The van der Waals surface area contributed by atoms with Crippen molar-refractivity contribution in [3.8, 4) is 0 Å². The van der Waals surface area contributed by atoms with Crippen LogP contribution < -0.4 is 5.32 Å². The van der Waals surface area contributed by atoms with Crippen LogP contribution in [0.2, 0.25) is 0 Å². The van der Waals surface area contributed by atoms with Gasteiger partial charge in [0.25, 0.3) is 0 Å². The molecule has 7 heteroatoms. The number of nitro groups is 1. The molecule has 0 bridgehead atoms. The Morgan fingerprint density at radius 2 is 1.95 bits per heavy atom. The van der Waals surface area contributed by atoms with Gasteiger partial charge in [0.05, 0.1) is 4.92 Å². The zero-order valence-corrected chi connectivity index (χ0v) is 11.7. The molecule has 0 heterocycles. The summed E-state index contributed by atoms with van der Waals surface area (Å²) in [5, 5.41) is 13.5. The predicted molar refractivity (Wildman–Crippen MR) is 74.5 cm³/mol. The quantitative estimate of drug-likeness (QED) is 0.667. The Labute approximate surface area is 121 Å². The van der Waals surface area contributed by atoms with Crippen LogP contribution in [0.5, 0.6) is 0 Å². The average Bonchev–Trinajstić information content (AvgIpc) is 2.37. The monoisotopic (exact) mass is 342 g/mol. The highest BCUT2D eigenvalue weighted by molar-refractivity contribution is 9.10. The molecule has 0 saturated heterocycles. The highest BCUT2D eigenvalue weighted by atomic mass is 79.9. The minimum atomic E-state index is -0.882. The number of nitrogens with one attached hydrogen (secondary N) is 1. The smallest absolute Gasteiger partial charge is 0.304 e. The third kappa shape index (κ3) is 3.30. The number of nitro benzene ring substituents is 1. The lowest BCUT2D eigenvalue weighted by Gasteiger charge is -2.08. The van der Waals surface area contributed by atoms with Gasteiger partial charge in [-0.1, -0.05) is 6.07 Å². The Kier molecular flexibility index (Phi) is 4.29. The zero-order valence-electron chi connectivity index (χ0n) is 10.1. The Morgan fingerprint density at radius 1 is 1.20 bits per heavy atom. The molecular formula is C13H9BrF2N2O2. The molecular weight excluding hydrogens is 334 g/mol. The maximum atomic E-state index is 13.4. The van der Waals surface area contributed by atoms with Crippen LogP contribution in [0.25, 0.3) is 0 Å². The van der Waals surface area contributed by atoms with Gasteiger partial charge < -0.3 is 5.32 Å². The van der Waals surface area contributed by atoms with E-state index >= 15 is 0 Å². The second-order valence-electron chi connectivity index (χ2n) is 4.02. The maximum absolute atomic E-state index is 13.4. The van der Waals surface area contributed by atoms with E-state index in [9.17, 15) is 18.9 Å². The van der Waals surface area contributed by atoms with Gasteiger partial charge in [0.2, 0.25) is 5.82 Å². The molecule has 0 aliphatic rings. The van der Waals surface area contributed by atoms with E-state index < -0.39 is 16.4 Å². The first-order valence-electron chi connectivity index (χ1n) is 5.59. The van der Waals surface area contributed by atoms with Gasteiger partial charge in [-0.25, -0.2) is 4.39 Å². The van der Waals surface area contributed by atoms with E-state index in [1.807, 2.05) is 0 Å². The second kappa shape index (κ2) is 5.96. The molecule has 0 fully saturated rings. The summed E-state index contributed by atoms with van der Waals surface area (Å²) < 4.78 is 26.9. The second-order valence-corrected chi connectivity index (χ2v) is 4.87. The average molecular weight is 343 g/mol. The predicted octanol–water partition coefficient (Wildman–Crippen LogP) is 4.25. The summed E-state index contributed by atoms with van der Waals surface area (Å²) in [6.45, 7) is 0.263. The number of nitrogens with zero attached hydrogens (tertiary/aromatic N) is 1. The fourth-order valence-electron chi connectivity index (χ4n) is 1.64. The zero-order chi connectivity index (χ0) is 14.7. The van der Waals surface area contributed by atoms with Crippen molar-refractivity contribution in [2.24, 2.45) is 0 Å². The van der Waals surface area contributed by atoms with Crippen LogP contribution in [0.15, 0.2) is 40.9 Å². The number of benzene rings is 2. The minimum absolute atomic E-state index is 0.263. The number of rotatable bonds is 4. The molecule has 0 radical (unpaired) electrons. The fourth-order valence-corrected chi connectivity index (χ4v) is 2.13. The first-order valence-corrected chi connectivity index (χ1v) is 6.38. The first-order chi connectivity index (χ1) is 9.47. The summed E-state index contributed by atoms with van der Waals surface area (Å²) in [6, 6.07) is 7.82. The van der Waals surface area contributed by atoms with Gasteiger partial charge in [-0.15, -0.1) is 0 Å². The summed E-state index contributed by atoms with van der Waals surface area (Å²) in [5.41, 5.74) is 0.631. The van der Waals surface area contributed by atoms with Crippen LogP contribution in [-0.2, 0) is 6.54 Å². The number of halogens is 3. The van der Waals surface area contributed by atoms with Crippen molar-refractivity contribution in [3.05, 3.63) is 68.2 Å². The van der Waals surface area contributed by atoms with Crippen LogP contribution in [-0.4, -0.2) is 4.92 Å². The number of hydrogen-bond acceptors (Lipinski definition) is 3. The lowest BCUT2D eigenvalue weighted by atomic mass is 10.2. The molecule has 0 atom stereocenters. The summed E-state index contributed by atoms with van der Waals surface area (Å²) >= 11 is 3.20. The molecule has 0 aliphatic carbocycles. The third-order valence-electron chi connectivity index (χ3n) is 2.62. The molecule has 20 heavy (non-hydrogen) atoms. The molecule has 4 nitrogen and oxygen atoms in total. The first kappa shape index (κ1) is 14.4. The third-order valence-corrected chi connectivity index (χ3v) is 3.28. The largest absolute Gasteiger partial charge is 0.380 e. The van der Waals surface area contributed by atoms with Crippen LogP contribution in [0.4, 0.5) is 20.2 Å². The summed E-state index contributed by atoms with van der Waals surface area (Å²) in [4.78, 5) is 9.72. The summed E-state index contributed by atoms with van der Waals surface area (Å²) in [7, 11) is 0. The molecule has 0 amide bonds. The van der Waals surface area contributed by atoms with E-state index in [1.54, 1.807) is 6.07 Å². The molecule has 0 aliphatic heterocycles. The Bertz CT molecular complexity index is 665. The van der Waals surface area contributed by atoms with E-state index in [-0.39, 0.29) is 12.4 Å². The van der Waals surface area contributed by atoms with Gasteiger partial charge in [-0.3, -0.25) is 10.1 Å². The molecule has 0 saturated carbocycles. The molecule has 0 unspecified atom stereocenters. The Morgan fingerprint density at radius 3 is 2.55 bits per heavy atom. The standard InChI is InChI=1S/C13H9BrF2N2O2/c14-10-6-9(15)2-3-12(10)17-7-8-1-4-13(18(19)20)11(16)5-8/h1-6,17H,7H2. The molecule has 2 aromatic carbocycles. The van der Waals surface area contributed by atoms with E-state index in [0.717, 1.165) is 12.1 Å². The van der Waals surface area contributed by atoms with Crippen molar-refractivity contribution in [2.75, 3.05) is 5.32 Å². The lowest BCUT2D eigenvalue weighted by Crippen LogP contribution is -2.02. The van der Waals surface area contributed by atoms with Crippen LogP contribution in [0.3, 0.4) is 0 Å². The SMILES string of the molecule is O=[N+]([O-])c1ccc(CNc2ccc(F)cc2Br)cc1F. The van der Waals surface area contributed by atoms with E-state index in [4.69, 9.17) is 0 Å².